The molecular weight excluding hydrogens is 435 g/mol. The van der Waals surface area contributed by atoms with Gasteiger partial charge in [0, 0.05) is 32.2 Å². The van der Waals surface area contributed by atoms with Gasteiger partial charge in [0.2, 0.25) is 0 Å². The Kier molecular flexibility index (Phi) is 7.10. The topological polar surface area (TPSA) is 129 Å². The van der Waals surface area contributed by atoms with Crippen molar-refractivity contribution in [2.75, 3.05) is 39.4 Å². The van der Waals surface area contributed by atoms with Crippen LogP contribution in [0.4, 0.5) is 13.2 Å². The van der Waals surface area contributed by atoms with Gasteiger partial charge in [0.25, 0.3) is 11.5 Å². The Bertz CT molecular complexity index is 1170. The van der Waals surface area contributed by atoms with Gasteiger partial charge >= 0.3 is 12.1 Å². The van der Waals surface area contributed by atoms with E-state index in [9.17, 15) is 22.8 Å². The number of carboxylic acids is 1. The van der Waals surface area contributed by atoms with E-state index < -0.39 is 12.1 Å². The predicted molar refractivity (Wildman–Crippen MR) is 107 cm³/mol. The molecule has 0 bridgehead atoms. The number of hydrogen-bond acceptors (Lipinski definition) is 6. The molecule has 0 radical (unpaired) electrons. The number of fused-ring (bicyclic) bond motifs is 3. The van der Waals surface area contributed by atoms with Crippen LogP contribution in [-0.4, -0.2) is 82.1 Å². The van der Waals surface area contributed by atoms with Crippen LogP contribution in [0, 0.1) is 0 Å². The van der Waals surface area contributed by atoms with Gasteiger partial charge in [0.1, 0.15) is 5.65 Å². The Morgan fingerprint density at radius 3 is 2.53 bits per heavy atom. The van der Waals surface area contributed by atoms with Gasteiger partial charge < -0.3 is 20.1 Å². The number of aromatic amines is 1. The van der Waals surface area contributed by atoms with E-state index in [1.54, 1.807) is 22.7 Å². The minimum atomic E-state index is -5.08. The summed E-state index contributed by atoms with van der Waals surface area (Å²) in [4.78, 5) is 38.4. The Hall–Kier alpha value is -3.45. The Morgan fingerprint density at radius 1 is 1.22 bits per heavy atom. The van der Waals surface area contributed by atoms with E-state index in [-0.39, 0.29) is 17.2 Å². The molecule has 3 heterocycles. The number of morpholine rings is 1. The lowest BCUT2D eigenvalue weighted by Crippen LogP contribution is -2.41. The molecule has 0 spiro atoms. The number of aliphatic carboxylic acids is 1. The van der Waals surface area contributed by atoms with Crippen LogP contribution in [0.5, 0.6) is 0 Å². The number of rotatable bonds is 4. The van der Waals surface area contributed by atoms with E-state index in [4.69, 9.17) is 14.6 Å². The Balaban J connectivity index is 0.000000360. The van der Waals surface area contributed by atoms with Crippen LogP contribution in [0.25, 0.3) is 16.6 Å². The minimum absolute atomic E-state index is 0.192. The number of ether oxygens (including phenoxy) is 1. The lowest BCUT2D eigenvalue weighted by molar-refractivity contribution is -0.192. The first-order valence-corrected chi connectivity index (χ1v) is 9.56. The number of aromatic nitrogens is 3. The second-order valence-corrected chi connectivity index (χ2v) is 6.81. The number of carbonyl (C=O) groups is 2. The molecule has 1 saturated heterocycles. The van der Waals surface area contributed by atoms with Crippen LogP contribution >= 0.6 is 0 Å². The predicted octanol–water partition coefficient (Wildman–Crippen LogP) is 0.871. The van der Waals surface area contributed by atoms with Gasteiger partial charge in [-0.05, 0) is 12.1 Å². The van der Waals surface area contributed by atoms with Gasteiger partial charge in [-0.3, -0.25) is 14.5 Å². The van der Waals surface area contributed by atoms with Crippen molar-refractivity contribution in [1.29, 1.82) is 0 Å². The number of amides is 1. The quantitative estimate of drug-likeness (QED) is 0.533. The first-order chi connectivity index (χ1) is 15.2. The van der Waals surface area contributed by atoms with Crippen molar-refractivity contribution in [3.8, 4) is 0 Å². The monoisotopic (exact) mass is 455 g/mol. The zero-order chi connectivity index (χ0) is 23.3. The van der Waals surface area contributed by atoms with E-state index in [1.807, 2.05) is 12.1 Å². The first-order valence-electron chi connectivity index (χ1n) is 9.56. The lowest BCUT2D eigenvalue weighted by atomic mass is 10.2. The van der Waals surface area contributed by atoms with Gasteiger partial charge in [0.05, 0.1) is 24.1 Å². The fourth-order valence-electron chi connectivity index (χ4n) is 3.04. The third kappa shape index (κ3) is 5.62. The second-order valence-electron chi connectivity index (χ2n) is 6.81. The maximum atomic E-state index is 12.4. The van der Waals surface area contributed by atoms with Crippen LogP contribution in [0.1, 0.15) is 10.5 Å². The summed E-state index contributed by atoms with van der Waals surface area (Å²) >= 11 is 0. The number of nitrogens with zero attached hydrogens (tertiary/aromatic N) is 3. The molecule has 0 aliphatic carbocycles. The van der Waals surface area contributed by atoms with E-state index in [2.05, 4.69) is 20.3 Å². The number of carboxylic acid groups (broad SMARTS) is 1. The summed E-state index contributed by atoms with van der Waals surface area (Å²) in [5, 5.41) is 14.9. The molecule has 3 N–H and O–H groups in total. The molecule has 1 aliphatic rings. The van der Waals surface area contributed by atoms with Crippen molar-refractivity contribution in [3.05, 3.63) is 46.4 Å². The molecule has 1 amide bonds. The zero-order valence-corrected chi connectivity index (χ0v) is 16.7. The van der Waals surface area contributed by atoms with Crippen LogP contribution in [-0.2, 0) is 9.53 Å². The molecule has 0 unspecified atom stereocenters. The molecule has 13 heteroatoms. The summed E-state index contributed by atoms with van der Waals surface area (Å²) in [5.41, 5.74) is 1.27. The fraction of sp³-hybridized carbons (Fsp3) is 0.368. The van der Waals surface area contributed by atoms with Crippen molar-refractivity contribution < 1.29 is 32.6 Å². The molecule has 10 nitrogen and oxygen atoms in total. The summed E-state index contributed by atoms with van der Waals surface area (Å²) < 4.78 is 38.6. The van der Waals surface area contributed by atoms with E-state index in [0.29, 0.717) is 23.1 Å². The molecule has 172 valence electrons. The molecule has 32 heavy (non-hydrogen) atoms. The maximum Gasteiger partial charge on any atom is 0.490 e. The molecule has 0 atom stereocenters. The standard InChI is InChI=1S/C17H19N5O3.C2HF3O2/c23-16-12-3-1-2-4-14(12)22-15(19-16)11-13(20-22)17(24)18-5-6-21-7-9-25-10-8-21;3-2(4,5)1(6)7/h1-4,11H,5-10H2,(H,18,24)(H,19,23);(H,6,7). The highest BCUT2D eigenvalue weighted by molar-refractivity contribution is 5.94. The van der Waals surface area contributed by atoms with Crippen LogP contribution in [0.15, 0.2) is 35.1 Å². The van der Waals surface area contributed by atoms with Gasteiger partial charge in [0.15, 0.2) is 5.69 Å². The smallest absolute Gasteiger partial charge is 0.475 e. The number of benzene rings is 1. The third-order valence-electron chi connectivity index (χ3n) is 4.62. The number of H-pyrrole nitrogens is 1. The van der Waals surface area contributed by atoms with Crippen LogP contribution in [0.2, 0.25) is 0 Å². The van der Waals surface area contributed by atoms with Crippen LogP contribution in [0.3, 0.4) is 0 Å². The molecule has 1 aromatic carbocycles. The summed E-state index contributed by atoms with van der Waals surface area (Å²) in [6, 6.07) is 8.77. The number of halogens is 3. The number of para-hydroxylation sites is 1. The van der Waals surface area contributed by atoms with Gasteiger partial charge in [-0.15, -0.1) is 0 Å². The van der Waals surface area contributed by atoms with Gasteiger partial charge in [-0.2, -0.15) is 18.3 Å². The molecule has 2 aromatic heterocycles. The molecule has 1 fully saturated rings. The van der Waals surface area contributed by atoms with Crippen molar-refractivity contribution >= 4 is 28.4 Å². The highest BCUT2D eigenvalue weighted by atomic mass is 19.4. The summed E-state index contributed by atoms with van der Waals surface area (Å²) in [7, 11) is 0. The number of nitrogens with one attached hydrogen (secondary N) is 2. The third-order valence-corrected chi connectivity index (χ3v) is 4.62. The maximum absolute atomic E-state index is 12.4. The SMILES string of the molecule is O=C(NCCN1CCOCC1)c1cc2[nH]c(=O)c3ccccc3n2n1.O=C(O)C(F)(F)F. The van der Waals surface area contributed by atoms with Crippen molar-refractivity contribution in [1.82, 2.24) is 24.8 Å². The largest absolute Gasteiger partial charge is 0.490 e. The van der Waals surface area contributed by atoms with Gasteiger partial charge in [-0.25, -0.2) is 9.31 Å². The summed E-state index contributed by atoms with van der Waals surface area (Å²) in [6.45, 7) is 4.57. The average Bonchev–Trinajstić information content (AvgIpc) is 3.19. The molecular formula is C19H20F3N5O5. The zero-order valence-electron chi connectivity index (χ0n) is 16.7. The number of hydrogen-bond donors (Lipinski definition) is 3. The average molecular weight is 455 g/mol. The first kappa shape index (κ1) is 23.2. The number of carbonyl (C=O) groups excluding carboxylic acids is 1. The molecule has 3 aromatic rings. The highest BCUT2D eigenvalue weighted by Crippen LogP contribution is 2.13. The van der Waals surface area contributed by atoms with E-state index in [1.165, 1.54) is 0 Å². The summed E-state index contributed by atoms with van der Waals surface area (Å²) in [5.74, 6) is -3.01. The fourth-order valence-corrected chi connectivity index (χ4v) is 3.04. The minimum Gasteiger partial charge on any atom is -0.475 e. The van der Waals surface area contributed by atoms with Gasteiger partial charge in [-0.1, -0.05) is 12.1 Å². The summed E-state index contributed by atoms with van der Waals surface area (Å²) in [6.07, 6.45) is -5.08. The molecule has 1 aliphatic heterocycles. The van der Waals surface area contributed by atoms with Crippen molar-refractivity contribution in [2.24, 2.45) is 0 Å². The molecule has 4 rings (SSSR count). The molecule has 0 saturated carbocycles. The van der Waals surface area contributed by atoms with E-state index in [0.717, 1.165) is 32.8 Å². The van der Waals surface area contributed by atoms with Crippen molar-refractivity contribution in [3.63, 3.8) is 0 Å². The van der Waals surface area contributed by atoms with Crippen LogP contribution < -0.4 is 10.9 Å². The van der Waals surface area contributed by atoms with Crippen molar-refractivity contribution in [2.45, 2.75) is 6.18 Å². The number of alkyl halides is 3. The van der Waals surface area contributed by atoms with E-state index >= 15 is 0 Å². The normalized spacial score (nSPS) is 14.7. The Morgan fingerprint density at radius 2 is 1.88 bits per heavy atom. The Labute approximate surface area is 178 Å². The lowest BCUT2D eigenvalue weighted by Gasteiger charge is -2.26. The highest BCUT2D eigenvalue weighted by Gasteiger charge is 2.38. The second kappa shape index (κ2) is 9.78.